The molecule has 4 aromatic rings. The summed E-state index contributed by atoms with van der Waals surface area (Å²) >= 11 is 6.14. The average molecular weight is 531 g/mol. The van der Waals surface area contributed by atoms with Crippen LogP contribution < -0.4 is 10.2 Å². The van der Waals surface area contributed by atoms with Crippen molar-refractivity contribution in [2.45, 2.75) is 33.1 Å². The van der Waals surface area contributed by atoms with Crippen LogP contribution in [0.4, 0.5) is 5.69 Å². The number of halogens is 1. The maximum absolute atomic E-state index is 12.6. The zero-order chi connectivity index (χ0) is 26.5. The Labute approximate surface area is 229 Å². The molecule has 1 aliphatic heterocycles. The van der Waals surface area contributed by atoms with Crippen molar-refractivity contribution in [1.29, 1.82) is 0 Å². The molecule has 0 saturated carbocycles. The SMILES string of the molecule is Cc1nc2cc(-c3ccccc3)nn2c(C)c1CCC(=O)NCCCN1CCN(c2cccc(Cl)c2)CC1. The lowest BCUT2D eigenvalue weighted by Gasteiger charge is -2.36. The molecule has 1 amide bonds. The van der Waals surface area contributed by atoms with Crippen LogP contribution in [-0.2, 0) is 11.2 Å². The fourth-order valence-electron chi connectivity index (χ4n) is 5.20. The molecule has 5 rings (SSSR count). The second-order valence-electron chi connectivity index (χ2n) is 9.94. The molecular formula is C30H35ClN6O. The largest absolute Gasteiger partial charge is 0.369 e. The summed E-state index contributed by atoms with van der Waals surface area (Å²) in [6, 6.07) is 20.2. The van der Waals surface area contributed by atoms with E-state index in [2.05, 4.69) is 40.2 Å². The lowest BCUT2D eigenvalue weighted by Crippen LogP contribution is -2.47. The smallest absolute Gasteiger partial charge is 0.220 e. The van der Waals surface area contributed by atoms with E-state index in [1.54, 1.807) is 0 Å². The van der Waals surface area contributed by atoms with Gasteiger partial charge in [0.05, 0.1) is 5.69 Å². The summed E-state index contributed by atoms with van der Waals surface area (Å²) in [5, 5.41) is 8.66. The van der Waals surface area contributed by atoms with E-state index in [0.29, 0.717) is 19.4 Å². The molecule has 0 aliphatic carbocycles. The first-order valence-electron chi connectivity index (χ1n) is 13.4. The van der Waals surface area contributed by atoms with Crippen LogP contribution in [0, 0.1) is 13.8 Å². The summed E-state index contributed by atoms with van der Waals surface area (Å²) in [5.41, 5.74) is 7.08. The molecule has 198 valence electrons. The standard InChI is InChI=1S/C30H35ClN6O/c1-22-27(23(2)37-29(33-22)21-28(34-37)24-8-4-3-5-9-24)12-13-30(38)32-14-7-15-35-16-18-36(19-17-35)26-11-6-10-25(31)20-26/h3-6,8-11,20-21H,7,12-19H2,1-2H3,(H,32,38). The van der Waals surface area contributed by atoms with Crippen molar-refractivity contribution in [2.24, 2.45) is 0 Å². The Kier molecular flexibility index (Phi) is 8.25. The van der Waals surface area contributed by atoms with Crippen LogP contribution in [0.15, 0.2) is 60.7 Å². The van der Waals surface area contributed by atoms with Crippen LogP contribution in [0.1, 0.15) is 29.8 Å². The van der Waals surface area contributed by atoms with Crippen molar-refractivity contribution in [3.05, 3.63) is 82.6 Å². The zero-order valence-electron chi connectivity index (χ0n) is 22.2. The fraction of sp³-hybridized carbons (Fsp3) is 0.367. The molecule has 2 aromatic carbocycles. The first kappa shape index (κ1) is 26.2. The molecule has 1 N–H and O–H groups in total. The number of aryl methyl sites for hydroxylation is 2. The number of carbonyl (C=O) groups is 1. The number of fused-ring (bicyclic) bond motifs is 1. The van der Waals surface area contributed by atoms with E-state index < -0.39 is 0 Å². The van der Waals surface area contributed by atoms with Crippen LogP contribution in [0.2, 0.25) is 5.02 Å². The summed E-state index contributed by atoms with van der Waals surface area (Å²) in [7, 11) is 0. The highest BCUT2D eigenvalue weighted by Gasteiger charge is 2.17. The topological polar surface area (TPSA) is 65.8 Å². The van der Waals surface area contributed by atoms with Crippen molar-refractivity contribution in [3.63, 3.8) is 0 Å². The summed E-state index contributed by atoms with van der Waals surface area (Å²) < 4.78 is 1.90. The molecule has 0 atom stereocenters. The third-order valence-corrected chi connectivity index (χ3v) is 7.59. The van der Waals surface area contributed by atoms with Crippen molar-refractivity contribution in [2.75, 3.05) is 44.2 Å². The number of nitrogens with zero attached hydrogens (tertiary/aromatic N) is 5. The Bertz CT molecular complexity index is 1390. The predicted octanol–water partition coefficient (Wildman–Crippen LogP) is 4.93. The Morgan fingerprint density at radius 3 is 2.55 bits per heavy atom. The maximum Gasteiger partial charge on any atom is 0.220 e. The molecule has 0 bridgehead atoms. The Morgan fingerprint density at radius 1 is 1.00 bits per heavy atom. The van der Waals surface area contributed by atoms with Gasteiger partial charge in [0.2, 0.25) is 5.91 Å². The number of amides is 1. The summed E-state index contributed by atoms with van der Waals surface area (Å²) in [4.78, 5) is 22.2. The van der Waals surface area contributed by atoms with Gasteiger partial charge in [0.1, 0.15) is 0 Å². The minimum atomic E-state index is 0.0834. The van der Waals surface area contributed by atoms with E-state index in [9.17, 15) is 4.79 Å². The van der Waals surface area contributed by atoms with Gasteiger partial charge in [-0.1, -0.05) is 48.0 Å². The highest BCUT2D eigenvalue weighted by molar-refractivity contribution is 6.30. The molecule has 7 nitrogen and oxygen atoms in total. The third kappa shape index (κ3) is 6.17. The van der Waals surface area contributed by atoms with E-state index in [0.717, 1.165) is 78.0 Å². The van der Waals surface area contributed by atoms with Crippen LogP contribution in [0.3, 0.4) is 0 Å². The first-order valence-corrected chi connectivity index (χ1v) is 13.8. The van der Waals surface area contributed by atoms with Crippen molar-refractivity contribution < 1.29 is 4.79 Å². The molecule has 1 aliphatic rings. The van der Waals surface area contributed by atoms with Gasteiger partial charge in [0.15, 0.2) is 5.65 Å². The number of anilines is 1. The van der Waals surface area contributed by atoms with Gasteiger partial charge in [-0.3, -0.25) is 9.69 Å². The first-order chi connectivity index (χ1) is 18.5. The molecule has 0 unspecified atom stereocenters. The number of rotatable bonds is 9. The molecule has 3 heterocycles. The molecule has 0 radical (unpaired) electrons. The van der Waals surface area contributed by atoms with Gasteiger partial charge in [-0.25, -0.2) is 9.50 Å². The normalized spacial score (nSPS) is 14.2. The second-order valence-corrected chi connectivity index (χ2v) is 10.4. The molecule has 38 heavy (non-hydrogen) atoms. The molecule has 0 spiro atoms. The number of nitrogens with one attached hydrogen (secondary N) is 1. The van der Waals surface area contributed by atoms with Gasteiger partial charge in [0.25, 0.3) is 0 Å². The molecular weight excluding hydrogens is 496 g/mol. The van der Waals surface area contributed by atoms with E-state index in [-0.39, 0.29) is 5.91 Å². The average Bonchev–Trinajstić information content (AvgIpc) is 3.36. The number of benzene rings is 2. The monoisotopic (exact) mass is 530 g/mol. The zero-order valence-corrected chi connectivity index (χ0v) is 22.9. The fourth-order valence-corrected chi connectivity index (χ4v) is 5.38. The minimum absolute atomic E-state index is 0.0834. The molecule has 1 saturated heterocycles. The van der Waals surface area contributed by atoms with E-state index >= 15 is 0 Å². The number of aromatic nitrogens is 3. The van der Waals surface area contributed by atoms with Crippen molar-refractivity contribution in [3.8, 4) is 11.3 Å². The highest BCUT2D eigenvalue weighted by Crippen LogP contribution is 2.23. The molecule has 1 fully saturated rings. The van der Waals surface area contributed by atoms with Crippen molar-refractivity contribution in [1.82, 2.24) is 24.8 Å². The maximum atomic E-state index is 12.6. The van der Waals surface area contributed by atoms with E-state index in [4.69, 9.17) is 21.7 Å². The Morgan fingerprint density at radius 2 is 1.79 bits per heavy atom. The third-order valence-electron chi connectivity index (χ3n) is 7.35. The summed E-state index contributed by atoms with van der Waals surface area (Å²) in [6.07, 6.45) is 2.04. The highest BCUT2D eigenvalue weighted by atomic mass is 35.5. The quantitative estimate of drug-likeness (QED) is 0.311. The van der Waals surface area contributed by atoms with Gasteiger partial charge in [0, 0.05) is 72.9 Å². The van der Waals surface area contributed by atoms with Crippen LogP contribution >= 0.6 is 11.6 Å². The number of carbonyl (C=O) groups excluding carboxylic acids is 1. The minimum Gasteiger partial charge on any atom is -0.369 e. The van der Waals surface area contributed by atoms with E-state index in [1.165, 1.54) is 5.69 Å². The summed E-state index contributed by atoms with van der Waals surface area (Å²) in [5.74, 6) is 0.0834. The van der Waals surface area contributed by atoms with Crippen LogP contribution in [0.25, 0.3) is 16.9 Å². The van der Waals surface area contributed by atoms with E-state index in [1.807, 2.05) is 53.9 Å². The van der Waals surface area contributed by atoms with Crippen LogP contribution in [-0.4, -0.2) is 64.7 Å². The van der Waals surface area contributed by atoms with Crippen LogP contribution in [0.5, 0.6) is 0 Å². The van der Waals surface area contributed by atoms with Gasteiger partial charge in [-0.05, 0) is 57.0 Å². The van der Waals surface area contributed by atoms with Crippen molar-refractivity contribution >= 4 is 28.8 Å². The lowest BCUT2D eigenvalue weighted by atomic mass is 10.1. The number of hydrogen-bond acceptors (Lipinski definition) is 5. The Balaban J connectivity index is 1.07. The lowest BCUT2D eigenvalue weighted by molar-refractivity contribution is -0.121. The summed E-state index contributed by atoms with van der Waals surface area (Å²) in [6.45, 7) is 9.79. The number of hydrogen-bond donors (Lipinski definition) is 1. The Hall–Kier alpha value is -3.42. The second kappa shape index (κ2) is 12.0. The van der Waals surface area contributed by atoms with Gasteiger partial charge >= 0.3 is 0 Å². The van der Waals surface area contributed by atoms with Gasteiger partial charge in [-0.15, -0.1) is 0 Å². The predicted molar refractivity (Wildman–Crippen MR) is 154 cm³/mol. The number of piperazine rings is 1. The molecule has 8 heteroatoms. The van der Waals surface area contributed by atoms with Gasteiger partial charge < -0.3 is 10.2 Å². The van der Waals surface area contributed by atoms with Gasteiger partial charge in [-0.2, -0.15) is 5.10 Å². The molecule has 2 aromatic heterocycles.